The highest BCUT2D eigenvalue weighted by atomic mass is 16.5. The van der Waals surface area contributed by atoms with Crippen LogP contribution in [0.5, 0.6) is 0 Å². The maximum atomic E-state index is 12.2. The summed E-state index contributed by atoms with van der Waals surface area (Å²) in [4.78, 5) is 16.5. The zero-order valence-corrected chi connectivity index (χ0v) is 13.4. The second-order valence-electron chi connectivity index (χ2n) is 5.85. The van der Waals surface area contributed by atoms with Crippen LogP contribution in [0.1, 0.15) is 28.8 Å². The third-order valence-electron chi connectivity index (χ3n) is 4.24. The van der Waals surface area contributed by atoms with E-state index in [1.807, 2.05) is 12.1 Å². The summed E-state index contributed by atoms with van der Waals surface area (Å²) in [6.07, 6.45) is 3.65. The number of carbonyl (C=O) groups excluding carboxylic acids is 1. The van der Waals surface area contributed by atoms with E-state index in [1.54, 1.807) is 30.5 Å². The molecule has 5 heteroatoms. The van der Waals surface area contributed by atoms with Crippen LogP contribution in [0.3, 0.4) is 0 Å². The smallest absolute Gasteiger partial charge is 0.251 e. The van der Waals surface area contributed by atoms with E-state index in [-0.39, 0.29) is 5.91 Å². The number of hydrogen-bond donors (Lipinski definition) is 1. The second kappa shape index (κ2) is 7.71. The highest BCUT2D eigenvalue weighted by molar-refractivity contribution is 5.94. The van der Waals surface area contributed by atoms with Crippen molar-refractivity contribution < 1.29 is 9.53 Å². The van der Waals surface area contributed by atoms with Gasteiger partial charge in [-0.25, -0.2) is 0 Å². The first-order chi connectivity index (χ1) is 11.8. The first-order valence-electron chi connectivity index (χ1n) is 8.09. The number of carbonyl (C=O) groups is 1. The summed E-state index contributed by atoms with van der Waals surface area (Å²) < 4.78 is 5.32. The van der Waals surface area contributed by atoms with Gasteiger partial charge in [-0.15, -0.1) is 0 Å². The molecule has 1 N–H and O–H groups in total. The van der Waals surface area contributed by atoms with Crippen LogP contribution in [0.4, 0.5) is 0 Å². The minimum absolute atomic E-state index is 0.0745. The summed E-state index contributed by atoms with van der Waals surface area (Å²) in [5, 5.41) is 12.1. The number of rotatable bonds is 4. The van der Waals surface area contributed by atoms with E-state index in [4.69, 9.17) is 10.00 Å². The van der Waals surface area contributed by atoms with Crippen molar-refractivity contribution in [2.45, 2.75) is 12.8 Å². The highest BCUT2D eigenvalue weighted by Crippen LogP contribution is 2.21. The van der Waals surface area contributed by atoms with E-state index < -0.39 is 0 Å². The van der Waals surface area contributed by atoms with E-state index in [0.717, 1.165) is 31.6 Å². The summed E-state index contributed by atoms with van der Waals surface area (Å²) in [6.45, 7) is 2.24. The van der Waals surface area contributed by atoms with Crippen LogP contribution in [-0.4, -0.2) is 30.6 Å². The van der Waals surface area contributed by atoms with Gasteiger partial charge in [-0.05, 0) is 43.0 Å². The number of amides is 1. The molecule has 1 aromatic heterocycles. The number of pyridine rings is 1. The highest BCUT2D eigenvalue weighted by Gasteiger charge is 2.15. The molecule has 1 saturated heterocycles. The van der Waals surface area contributed by atoms with E-state index in [1.165, 1.54) is 0 Å². The standard InChI is InChI=1S/C19H19N3O2/c20-12-17-2-1-9-21-18(17)15-3-5-16(6-4-15)19(23)22-13-14-7-10-24-11-8-14/h1-6,9,14H,7-8,10-11,13H2,(H,22,23). The number of hydrogen-bond acceptors (Lipinski definition) is 4. The van der Waals surface area contributed by atoms with Crippen molar-refractivity contribution in [3.8, 4) is 17.3 Å². The number of nitrogens with zero attached hydrogens (tertiary/aromatic N) is 2. The molecule has 1 aliphatic rings. The zero-order valence-electron chi connectivity index (χ0n) is 13.4. The van der Waals surface area contributed by atoms with Crippen molar-refractivity contribution in [2.75, 3.05) is 19.8 Å². The lowest BCUT2D eigenvalue weighted by molar-refractivity contribution is 0.0642. The second-order valence-corrected chi connectivity index (χ2v) is 5.85. The molecule has 0 saturated carbocycles. The molecular weight excluding hydrogens is 302 g/mol. The lowest BCUT2D eigenvalue weighted by Gasteiger charge is -2.22. The SMILES string of the molecule is N#Cc1cccnc1-c1ccc(C(=O)NCC2CCOCC2)cc1. The lowest BCUT2D eigenvalue weighted by Crippen LogP contribution is -2.32. The number of aromatic nitrogens is 1. The predicted molar refractivity (Wildman–Crippen MR) is 90.3 cm³/mol. The van der Waals surface area contributed by atoms with Crippen molar-refractivity contribution in [1.29, 1.82) is 5.26 Å². The molecule has 122 valence electrons. The van der Waals surface area contributed by atoms with Gasteiger partial charge in [0.15, 0.2) is 0 Å². The van der Waals surface area contributed by atoms with Crippen LogP contribution in [0.15, 0.2) is 42.6 Å². The molecule has 2 aromatic rings. The average Bonchev–Trinajstić information content (AvgIpc) is 2.67. The molecule has 2 heterocycles. The minimum atomic E-state index is -0.0745. The van der Waals surface area contributed by atoms with Crippen LogP contribution in [-0.2, 0) is 4.74 Å². The molecule has 5 nitrogen and oxygen atoms in total. The van der Waals surface area contributed by atoms with Gasteiger partial charge in [0.1, 0.15) is 6.07 Å². The molecule has 0 atom stereocenters. The number of nitrogens with one attached hydrogen (secondary N) is 1. The van der Waals surface area contributed by atoms with E-state index in [0.29, 0.717) is 29.3 Å². The summed E-state index contributed by atoms with van der Waals surface area (Å²) >= 11 is 0. The molecule has 0 radical (unpaired) electrons. The largest absolute Gasteiger partial charge is 0.381 e. The van der Waals surface area contributed by atoms with Gasteiger partial charge in [-0.2, -0.15) is 5.26 Å². The summed E-state index contributed by atoms with van der Waals surface area (Å²) in [5.41, 5.74) is 2.59. The topological polar surface area (TPSA) is 75.0 Å². The molecule has 0 bridgehead atoms. The van der Waals surface area contributed by atoms with Crippen molar-refractivity contribution in [2.24, 2.45) is 5.92 Å². The molecule has 24 heavy (non-hydrogen) atoms. The molecule has 3 rings (SSSR count). The Labute approximate surface area is 141 Å². The quantitative estimate of drug-likeness (QED) is 0.939. The summed E-state index contributed by atoms with van der Waals surface area (Å²) in [5.74, 6) is 0.420. The van der Waals surface area contributed by atoms with Crippen molar-refractivity contribution in [1.82, 2.24) is 10.3 Å². The fourth-order valence-corrected chi connectivity index (χ4v) is 2.79. The van der Waals surface area contributed by atoms with Crippen LogP contribution >= 0.6 is 0 Å². The Morgan fingerprint density at radius 3 is 2.71 bits per heavy atom. The van der Waals surface area contributed by atoms with E-state index in [9.17, 15) is 4.79 Å². The van der Waals surface area contributed by atoms with Crippen molar-refractivity contribution in [3.63, 3.8) is 0 Å². The van der Waals surface area contributed by atoms with Crippen LogP contribution in [0.2, 0.25) is 0 Å². The molecular formula is C19H19N3O2. The summed E-state index contributed by atoms with van der Waals surface area (Å²) in [7, 11) is 0. The van der Waals surface area contributed by atoms with E-state index in [2.05, 4.69) is 16.4 Å². The zero-order chi connectivity index (χ0) is 16.8. The molecule has 1 aliphatic heterocycles. The Morgan fingerprint density at radius 2 is 2.00 bits per heavy atom. The van der Waals surface area contributed by atoms with Gasteiger partial charge in [0.2, 0.25) is 0 Å². The van der Waals surface area contributed by atoms with Gasteiger partial charge in [0.25, 0.3) is 5.91 Å². The Morgan fingerprint density at radius 1 is 1.25 bits per heavy atom. The fraction of sp³-hybridized carbons (Fsp3) is 0.316. The average molecular weight is 321 g/mol. The first kappa shape index (κ1) is 16.2. The fourth-order valence-electron chi connectivity index (χ4n) is 2.79. The maximum absolute atomic E-state index is 12.2. The number of nitriles is 1. The first-order valence-corrected chi connectivity index (χ1v) is 8.09. The lowest BCUT2D eigenvalue weighted by atomic mass is 10.00. The third-order valence-corrected chi connectivity index (χ3v) is 4.24. The van der Waals surface area contributed by atoms with Crippen molar-refractivity contribution >= 4 is 5.91 Å². The monoisotopic (exact) mass is 321 g/mol. The van der Waals surface area contributed by atoms with Gasteiger partial charge < -0.3 is 10.1 Å². The maximum Gasteiger partial charge on any atom is 0.251 e. The predicted octanol–water partition coefficient (Wildman–Crippen LogP) is 2.78. The number of ether oxygens (including phenoxy) is 1. The number of benzene rings is 1. The minimum Gasteiger partial charge on any atom is -0.381 e. The normalized spacial score (nSPS) is 14.8. The Hall–Kier alpha value is -2.71. The molecule has 0 aliphatic carbocycles. The van der Waals surface area contributed by atoms with Gasteiger partial charge in [-0.1, -0.05) is 12.1 Å². The van der Waals surface area contributed by atoms with Crippen LogP contribution in [0.25, 0.3) is 11.3 Å². The molecule has 1 amide bonds. The van der Waals surface area contributed by atoms with Gasteiger partial charge in [-0.3, -0.25) is 9.78 Å². The Kier molecular flexibility index (Phi) is 5.19. The van der Waals surface area contributed by atoms with Gasteiger partial charge in [0.05, 0.1) is 11.3 Å². The van der Waals surface area contributed by atoms with E-state index >= 15 is 0 Å². The molecule has 1 aromatic carbocycles. The third kappa shape index (κ3) is 3.79. The Bertz CT molecular complexity index is 744. The molecule has 0 unspecified atom stereocenters. The van der Waals surface area contributed by atoms with Gasteiger partial charge >= 0.3 is 0 Å². The Balaban J connectivity index is 1.65. The molecule has 0 spiro atoms. The summed E-state index contributed by atoms with van der Waals surface area (Å²) in [6, 6.07) is 12.8. The molecule has 1 fully saturated rings. The van der Waals surface area contributed by atoms with Crippen LogP contribution < -0.4 is 5.32 Å². The van der Waals surface area contributed by atoms with Crippen LogP contribution in [0, 0.1) is 17.2 Å². The van der Waals surface area contributed by atoms with Gasteiger partial charge in [0, 0.05) is 37.1 Å². The van der Waals surface area contributed by atoms with Crippen molar-refractivity contribution in [3.05, 3.63) is 53.7 Å².